The fourth-order valence-corrected chi connectivity index (χ4v) is 2.66. The summed E-state index contributed by atoms with van der Waals surface area (Å²) in [5.41, 5.74) is 9.41. The minimum Gasteiger partial charge on any atom is -0.383 e. The first kappa shape index (κ1) is 20.2. The molecule has 1 aliphatic rings. The summed E-state index contributed by atoms with van der Waals surface area (Å²) in [4.78, 5) is 6.88. The van der Waals surface area contributed by atoms with E-state index in [9.17, 15) is 0 Å². The third-order valence-electron chi connectivity index (χ3n) is 3.81. The van der Waals surface area contributed by atoms with Gasteiger partial charge in [-0.25, -0.2) is 0 Å². The van der Waals surface area contributed by atoms with Crippen LogP contribution in [-0.2, 0) is 4.74 Å². The lowest BCUT2D eigenvalue weighted by atomic mass is 10.1. The van der Waals surface area contributed by atoms with E-state index in [1.807, 2.05) is 0 Å². The van der Waals surface area contributed by atoms with Crippen molar-refractivity contribution in [3.8, 4) is 0 Å². The van der Waals surface area contributed by atoms with E-state index in [0.29, 0.717) is 12.5 Å². The van der Waals surface area contributed by atoms with Crippen LogP contribution in [0.3, 0.4) is 0 Å². The van der Waals surface area contributed by atoms with Gasteiger partial charge in [0, 0.05) is 31.9 Å². The van der Waals surface area contributed by atoms with Gasteiger partial charge in [-0.15, -0.1) is 24.0 Å². The highest BCUT2D eigenvalue weighted by Crippen LogP contribution is 2.26. The molecule has 1 aliphatic carbocycles. The molecule has 0 saturated heterocycles. The molecule has 6 heteroatoms. The molecule has 3 N–H and O–H groups in total. The number of hydrogen-bond acceptors (Lipinski definition) is 3. The summed E-state index contributed by atoms with van der Waals surface area (Å²) in [6, 6.07) is 7.01. The van der Waals surface area contributed by atoms with E-state index in [1.165, 1.54) is 24.0 Å². The minimum absolute atomic E-state index is 0. The maximum absolute atomic E-state index is 5.98. The molecule has 130 valence electrons. The van der Waals surface area contributed by atoms with Gasteiger partial charge in [0.2, 0.25) is 0 Å². The molecule has 0 unspecified atom stereocenters. The molecule has 0 atom stereocenters. The molecular formula is C17H29IN4O. The molecule has 1 aromatic rings. The number of aliphatic imine (C=N–C) groups is 1. The van der Waals surface area contributed by atoms with Crippen LogP contribution >= 0.6 is 24.0 Å². The van der Waals surface area contributed by atoms with E-state index in [0.717, 1.165) is 31.4 Å². The van der Waals surface area contributed by atoms with Crippen LogP contribution in [0.2, 0.25) is 0 Å². The first-order chi connectivity index (χ1) is 10.6. The molecule has 1 fully saturated rings. The maximum Gasteiger partial charge on any atom is 0.193 e. The number of nitrogens with two attached hydrogens (primary N) is 1. The van der Waals surface area contributed by atoms with Crippen LogP contribution in [0.25, 0.3) is 0 Å². The predicted molar refractivity (Wildman–Crippen MR) is 108 cm³/mol. The maximum atomic E-state index is 5.98. The third kappa shape index (κ3) is 7.50. The van der Waals surface area contributed by atoms with Gasteiger partial charge in [0.25, 0.3) is 0 Å². The van der Waals surface area contributed by atoms with Crippen LogP contribution in [0.1, 0.15) is 24.0 Å². The molecule has 0 heterocycles. The lowest BCUT2D eigenvalue weighted by Gasteiger charge is -2.20. The summed E-state index contributed by atoms with van der Waals surface area (Å²) in [6.45, 7) is 7.55. The number of guanidine groups is 1. The van der Waals surface area contributed by atoms with Gasteiger partial charge < -0.3 is 15.8 Å². The van der Waals surface area contributed by atoms with Gasteiger partial charge in [-0.1, -0.05) is 6.07 Å². The first-order valence-electron chi connectivity index (χ1n) is 7.96. The zero-order valence-electron chi connectivity index (χ0n) is 14.3. The Balaban J connectivity index is 0.00000264. The average molecular weight is 432 g/mol. The second-order valence-electron chi connectivity index (χ2n) is 6.03. The van der Waals surface area contributed by atoms with Gasteiger partial charge in [-0.05, 0) is 49.9 Å². The smallest absolute Gasteiger partial charge is 0.193 e. The molecule has 0 bridgehead atoms. The lowest BCUT2D eigenvalue weighted by Crippen LogP contribution is -2.33. The Morgan fingerprint density at radius 1 is 1.26 bits per heavy atom. The molecule has 23 heavy (non-hydrogen) atoms. The minimum atomic E-state index is 0. The van der Waals surface area contributed by atoms with Crippen molar-refractivity contribution in [3.63, 3.8) is 0 Å². The molecule has 0 aliphatic heterocycles. The Bertz CT molecular complexity index is 497. The highest BCUT2D eigenvalue weighted by molar-refractivity contribution is 14.0. The predicted octanol–water partition coefficient (Wildman–Crippen LogP) is 2.76. The van der Waals surface area contributed by atoms with Gasteiger partial charge in [-0.2, -0.15) is 0 Å². The van der Waals surface area contributed by atoms with Crippen molar-refractivity contribution < 1.29 is 4.74 Å². The Morgan fingerprint density at radius 2 is 1.91 bits per heavy atom. The number of halogens is 1. The average Bonchev–Trinajstić information content (AvgIpc) is 3.25. The zero-order valence-corrected chi connectivity index (χ0v) is 16.7. The highest BCUT2D eigenvalue weighted by atomic mass is 127. The standard InChI is InChI=1S/C17H28N4O.HI/c1-13-10-14(2)12-15(11-13)20-17(18)19-6-7-21(8-9-22-3)16-4-5-16;/h10-12,16H,4-9H2,1-3H3,(H3,18,19,20);1H. The number of hydrogen-bond donors (Lipinski definition) is 2. The Labute approximate surface area is 156 Å². The van der Waals surface area contributed by atoms with Crippen molar-refractivity contribution in [2.45, 2.75) is 32.7 Å². The fourth-order valence-electron chi connectivity index (χ4n) is 2.66. The van der Waals surface area contributed by atoms with Crippen molar-refractivity contribution in [1.29, 1.82) is 0 Å². The number of nitrogens with zero attached hydrogens (tertiary/aromatic N) is 2. The number of methoxy groups -OCH3 is 1. The van der Waals surface area contributed by atoms with Gasteiger partial charge in [-0.3, -0.25) is 9.89 Å². The summed E-state index contributed by atoms with van der Waals surface area (Å²) in [7, 11) is 1.75. The van der Waals surface area contributed by atoms with Crippen molar-refractivity contribution in [2.75, 3.05) is 38.7 Å². The lowest BCUT2D eigenvalue weighted by molar-refractivity contribution is 0.145. The van der Waals surface area contributed by atoms with Gasteiger partial charge in [0.1, 0.15) is 0 Å². The van der Waals surface area contributed by atoms with Crippen LogP contribution in [0.15, 0.2) is 23.2 Å². The molecule has 0 amide bonds. The molecule has 0 radical (unpaired) electrons. The van der Waals surface area contributed by atoms with Gasteiger partial charge in [0.15, 0.2) is 5.96 Å². The summed E-state index contributed by atoms with van der Waals surface area (Å²) < 4.78 is 5.16. The Morgan fingerprint density at radius 3 is 2.48 bits per heavy atom. The van der Waals surface area contributed by atoms with Crippen molar-refractivity contribution in [2.24, 2.45) is 10.7 Å². The summed E-state index contributed by atoms with van der Waals surface area (Å²) in [5.74, 6) is 0.479. The normalized spacial score (nSPS) is 14.7. The summed E-state index contributed by atoms with van der Waals surface area (Å²) in [5, 5.41) is 3.17. The first-order valence-corrected chi connectivity index (χ1v) is 7.96. The van der Waals surface area contributed by atoms with E-state index in [1.54, 1.807) is 7.11 Å². The second kappa shape index (κ2) is 10.1. The van der Waals surface area contributed by atoms with E-state index in [4.69, 9.17) is 10.5 Å². The Hall–Kier alpha value is -0.860. The monoisotopic (exact) mass is 432 g/mol. The zero-order chi connectivity index (χ0) is 15.9. The van der Waals surface area contributed by atoms with Gasteiger partial charge in [0.05, 0.1) is 13.2 Å². The van der Waals surface area contributed by atoms with E-state index in [2.05, 4.69) is 47.3 Å². The van der Waals surface area contributed by atoms with E-state index in [-0.39, 0.29) is 24.0 Å². The molecule has 2 rings (SSSR count). The molecule has 0 aromatic heterocycles. The summed E-state index contributed by atoms with van der Waals surface area (Å²) >= 11 is 0. The topological polar surface area (TPSA) is 62.9 Å². The Kier molecular flexibility index (Phi) is 8.86. The SMILES string of the molecule is COCCN(CCN=C(N)Nc1cc(C)cc(C)c1)C1CC1.I. The molecule has 0 spiro atoms. The van der Waals surface area contributed by atoms with Crippen LogP contribution in [-0.4, -0.2) is 50.3 Å². The van der Waals surface area contributed by atoms with Crippen LogP contribution in [0, 0.1) is 13.8 Å². The van der Waals surface area contributed by atoms with E-state index < -0.39 is 0 Å². The number of anilines is 1. The highest BCUT2D eigenvalue weighted by Gasteiger charge is 2.27. The number of rotatable bonds is 8. The molecule has 5 nitrogen and oxygen atoms in total. The summed E-state index contributed by atoms with van der Waals surface area (Å²) in [6.07, 6.45) is 2.59. The third-order valence-corrected chi connectivity index (χ3v) is 3.81. The number of nitrogens with one attached hydrogen (secondary N) is 1. The number of benzene rings is 1. The van der Waals surface area contributed by atoms with Crippen molar-refractivity contribution >= 4 is 35.6 Å². The molecular weight excluding hydrogens is 403 g/mol. The van der Waals surface area contributed by atoms with Crippen molar-refractivity contribution in [1.82, 2.24) is 4.90 Å². The quantitative estimate of drug-likeness (QED) is 0.377. The van der Waals surface area contributed by atoms with Crippen LogP contribution in [0.5, 0.6) is 0 Å². The number of aryl methyl sites for hydroxylation is 2. The van der Waals surface area contributed by atoms with Crippen LogP contribution in [0.4, 0.5) is 5.69 Å². The molecule has 1 saturated carbocycles. The second-order valence-corrected chi connectivity index (χ2v) is 6.03. The van der Waals surface area contributed by atoms with Gasteiger partial charge >= 0.3 is 0 Å². The van der Waals surface area contributed by atoms with Crippen molar-refractivity contribution in [3.05, 3.63) is 29.3 Å². The van der Waals surface area contributed by atoms with Crippen LogP contribution < -0.4 is 11.1 Å². The fraction of sp³-hybridized carbons (Fsp3) is 0.588. The number of ether oxygens (including phenoxy) is 1. The largest absolute Gasteiger partial charge is 0.383 e. The molecule has 1 aromatic carbocycles. The van der Waals surface area contributed by atoms with E-state index >= 15 is 0 Å².